The second-order valence-corrected chi connectivity index (χ2v) is 3.76. The lowest BCUT2D eigenvalue weighted by Gasteiger charge is -2.05. The van der Waals surface area contributed by atoms with Crippen LogP contribution in [0.5, 0.6) is 0 Å². The zero-order valence-electron chi connectivity index (χ0n) is 9.81. The van der Waals surface area contributed by atoms with Gasteiger partial charge in [0.2, 0.25) is 5.91 Å². The molecule has 0 aliphatic carbocycles. The van der Waals surface area contributed by atoms with Gasteiger partial charge in [-0.25, -0.2) is 0 Å². The van der Waals surface area contributed by atoms with E-state index < -0.39 is 0 Å². The van der Waals surface area contributed by atoms with Crippen molar-refractivity contribution >= 4 is 17.4 Å². The van der Waals surface area contributed by atoms with Gasteiger partial charge in [-0.1, -0.05) is 30.6 Å². The molecule has 4 N–H and O–H groups in total. The standard InChI is InChI=1S/C12H17N3O2/c1-2-3-9-4-6-10(7-5-9)14-12(16)8-11(13)15-17/h4-7,17H,2-3,8H2,1H3,(H2,13,15)(H,14,16). The third-order valence-corrected chi connectivity index (χ3v) is 2.25. The smallest absolute Gasteiger partial charge is 0.232 e. The predicted molar refractivity (Wildman–Crippen MR) is 67.1 cm³/mol. The molecule has 0 heterocycles. The summed E-state index contributed by atoms with van der Waals surface area (Å²) in [6.07, 6.45) is 2.00. The Morgan fingerprint density at radius 2 is 2.06 bits per heavy atom. The Morgan fingerprint density at radius 1 is 1.41 bits per heavy atom. The zero-order chi connectivity index (χ0) is 12.7. The first-order valence-electron chi connectivity index (χ1n) is 5.51. The van der Waals surface area contributed by atoms with Crippen molar-refractivity contribution < 1.29 is 10.0 Å². The average molecular weight is 235 g/mol. The molecular weight excluding hydrogens is 218 g/mol. The number of nitrogens with zero attached hydrogens (tertiary/aromatic N) is 1. The number of amidine groups is 1. The molecule has 0 unspecified atom stereocenters. The van der Waals surface area contributed by atoms with Crippen molar-refractivity contribution in [3.05, 3.63) is 29.8 Å². The summed E-state index contributed by atoms with van der Waals surface area (Å²) >= 11 is 0. The number of carbonyl (C=O) groups excluding carboxylic acids is 1. The molecule has 17 heavy (non-hydrogen) atoms. The van der Waals surface area contributed by atoms with Crippen molar-refractivity contribution in [3.63, 3.8) is 0 Å². The number of oxime groups is 1. The number of nitrogens with one attached hydrogen (secondary N) is 1. The number of hydrogen-bond donors (Lipinski definition) is 3. The first-order valence-corrected chi connectivity index (χ1v) is 5.51. The minimum atomic E-state index is -0.302. The number of anilines is 1. The molecule has 5 nitrogen and oxygen atoms in total. The molecule has 0 bridgehead atoms. The number of rotatable bonds is 5. The monoisotopic (exact) mass is 235 g/mol. The minimum Gasteiger partial charge on any atom is -0.409 e. The molecule has 0 spiro atoms. The molecule has 1 amide bonds. The van der Waals surface area contributed by atoms with Crippen molar-refractivity contribution in [2.45, 2.75) is 26.2 Å². The maximum atomic E-state index is 11.4. The molecule has 0 radical (unpaired) electrons. The number of carbonyl (C=O) groups is 1. The summed E-state index contributed by atoms with van der Waals surface area (Å²) in [4.78, 5) is 11.4. The number of aryl methyl sites for hydroxylation is 1. The van der Waals surface area contributed by atoms with Gasteiger partial charge in [0, 0.05) is 5.69 Å². The molecule has 0 saturated carbocycles. The lowest BCUT2D eigenvalue weighted by Crippen LogP contribution is -2.21. The van der Waals surface area contributed by atoms with E-state index in [0.29, 0.717) is 5.69 Å². The normalized spacial score (nSPS) is 11.2. The molecule has 92 valence electrons. The van der Waals surface area contributed by atoms with Gasteiger partial charge in [-0.3, -0.25) is 4.79 Å². The number of hydrogen-bond acceptors (Lipinski definition) is 3. The Kier molecular flexibility index (Phi) is 5.00. The fourth-order valence-corrected chi connectivity index (χ4v) is 1.45. The topological polar surface area (TPSA) is 87.7 Å². The van der Waals surface area contributed by atoms with E-state index in [9.17, 15) is 4.79 Å². The van der Waals surface area contributed by atoms with E-state index in [-0.39, 0.29) is 18.2 Å². The molecule has 1 rings (SSSR count). The fraction of sp³-hybridized carbons (Fsp3) is 0.333. The first-order chi connectivity index (χ1) is 8.15. The summed E-state index contributed by atoms with van der Waals surface area (Å²) in [6, 6.07) is 7.63. The Morgan fingerprint density at radius 3 is 2.59 bits per heavy atom. The average Bonchev–Trinajstić information content (AvgIpc) is 2.31. The summed E-state index contributed by atoms with van der Waals surface area (Å²) in [5.41, 5.74) is 7.18. The fourth-order valence-electron chi connectivity index (χ4n) is 1.45. The third-order valence-electron chi connectivity index (χ3n) is 2.25. The summed E-state index contributed by atoms with van der Waals surface area (Å²) in [5, 5.41) is 13.7. The number of amides is 1. The van der Waals surface area contributed by atoms with Crippen LogP contribution in [-0.4, -0.2) is 17.0 Å². The molecule has 0 aliphatic rings. The van der Waals surface area contributed by atoms with E-state index in [4.69, 9.17) is 10.9 Å². The van der Waals surface area contributed by atoms with E-state index in [1.807, 2.05) is 24.3 Å². The molecule has 1 aromatic rings. The second kappa shape index (κ2) is 6.52. The molecule has 1 aromatic carbocycles. The molecule has 0 aliphatic heterocycles. The van der Waals surface area contributed by atoms with Gasteiger partial charge in [0.25, 0.3) is 0 Å². The van der Waals surface area contributed by atoms with Crippen molar-refractivity contribution in [2.75, 3.05) is 5.32 Å². The van der Waals surface area contributed by atoms with Crippen LogP contribution in [0.2, 0.25) is 0 Å². The lowest BCUT2D eigenvalue weighted by atomic mass is 10.1. The van der Waals surface area contributed by atoms with E-state index in [1.54, 1.807) is 0 Å². The highest BCUT2D eigenvalue weighted by atomic mass is 16.4. The summed E-state index contributed by atoms with van der Waals surface area (Å²) in [7, 11) is 0. The highest BCUT2D eigenvalue weighted by Gasteiger charge is 2.05. The molecule has 5 heteroatoms. The van der Waals surface area contributed by atoms with Gasteiger partial charge in [0.15, 0.2) is 0 Å². The van der Waals surface area contributed by atoms with Gasteiger partial charge in [0.05, 0.1) is 6.42 Å². The van der Waals surface area contributed by atoms with Crippen LogP contribution in [0.3, 0.4) is 0 Å². The Hall–Kier alpha value is -2.04. The van der Waals surface area contributed by atoms with E-state index in [2.05, 4.69) is 17.4 Å². The maximum Gasteiger partial charge on any atom is 0.232 e. The second-order valence-electron chi connectivity index (χ2n) is 3.76. The zero-order valence-corrected chi connectivity index (χ0v) is 9.81. The van der Waals surface area contributed by atoms with Gasteiger partial charge in [0.1, 0.15) is 5.84 Å². The quantitative estimate of drug-likeness (QED) is 0.314. The maximum absolute atomic E-state index is 11.4. The highest BCUT2D eigenvalue weighted by molar-refractivity contribution is 6.04. The molecule has 0 aromatic heterocycles. The van der Waals surface area contributed by atoms with Crippen molar-refractivity contribution in [1.29, 1.82) is 0 Å². The van der Waals surface area contributed by atoms with Gasteiger partial charge in [-0.05, 0) is 24.1 Å². The van der Waals surface area contributed by atoms with Gasteiger partial charge in [-0.2, -0.15) is 0 Å². The SMILES string of the molecule is CCCc1ccc(NC(=O)C/C(N)=N/O)cc1. The highest BCUT2D eigenvalue weighted by Crippen LogP contribution is 2.11. The molecule has 0 saturated heterocycles. The number of nitrogens with two attached hydrogens (primary N) is 1. The van der Waals surface area contributed by atoms with E-state index in [1.165, 1.54) is 5.56 Å². The first kappa shape index (κ1) is 13.0. The van der Waals surface area contributed by atoms with E-state index in [0.717, 1.165) is 12.8 Å². The largest absolute Gasteiger partial charge is 0.409 e. The minimum absolute atomic E-state index is 0.106. The Balaban J connectivity index is 2.54. The third kappa shape index (κ3) is 4.55. The van der Waals surface area contributed by atoms with Crippen LogP contribution in [0, 0.1) is 0 Å². The number of benzene rings is 1. The van der Waals surface area contributed by atoms with Gasteiger partial charge < -0.3 is 16.3 Å². The van der Waals surface area contributed by atoms with Crippen molar-refractivity contribution in [1.82, 2.24) is 0 Å². The van der Waals surface area contributed by atoms with Crippen LogP contribution in [0.1, 0.15) is 25.3 Å². The molecule has 0 fully saturated rings. The summed E-state index contributed by atoms with van der Waals surface area (Å²) in [5.74, 6) is -0.409. The predicted octanol–water partition coefficient (Wildman–Crippen LogP) is 1.71. The van der Waals surface area contributed by atoms with Gasteiger partial charge >= 0.3 is 0 Å². The van der Waals surface area contributed by atoms with Crippen molar-refractivity contribution in [2.24, 2.45) is 10.9 Å². The van der Waals surface area contributed by atoms with Crippen LogP contribution in [0.25, 0.3) is 0 Å². The summed E-state index contributed by atoms with van der Waals surface area (Å²) < 4.78 is 0. The summed E-state index contributed by atoms with van der Waals surface area (Å²) in [6.45, 7) is 2.12. The molecular formula is C12H17N3O2. The lowest BCUT2D eigenvalue weighted by molar-refractivity contribution is -0.115. The Bertz CT molecular complexity index is 399. The van der Waals surface area contributed by atoms with E-state index >= 15 is 0 Å². The van der Waals surface area contributed by atoms with Gasteiger partial charge in [-0.15, -0.1) is 0 Å². The van der Waals surface area contributed by atoms with Crippen LogP contribution >= 0.6 is 0 Å². The van der Waals surface area contributed by atoms with Crippen LogP contribution in [0.15, 0.2) is 29.4 Å². The van der Waals surface area contributed by atoms with Crippen molar-refractivity contribution in [3.8, 4) is 0 Å². The van der Waals surface area contributed by atoms with Crippen LogP contribution < -0.4 is 11.1 Å². The molecule has 0 atom stereocenters. The van der Waals surface area contributed by atoms with Crippen LogP contribution in [-0.2, 0) is 11.2 Å². The van der Waals surface area contributed by atoms with Crippen LogP contribution in [0.4, 0.5) is 5.69 Å². The Labute approximate surface area is 100 Å².